The zero-order chi connectivity index (χ0) is 18.3. The number of hydrogen-bond acceptors (Lipinski definition) is 5. The van der Waals surface area contributed by atoms with Crippen molar-refractivity contribution in [2.45, 2.75) is 30.7 Å². The minimum absolute atomic E-state index is 0.181. The average molecular weight is 370 g/mol. The number of benzene rings is 1. The van der Waals surface area contributed by atoms with Crippen molar-refractivity contribution < 1.29 is 13.2 Å². The average Bonchev–Trinajstić information content (AvgIpc) is 3.18. The predicted octanol–water partition coefficient (Wildman–Crippen LogP) is 1.94. The zero-order valence-corrected chi connectivity index (χ0v) is 15.0. The van der Waals surface area contributed by atoms with Crippen LogP contribution in [-0.2, 0) is 14.8 Å². The topological polar surface area (TPSA) is 91.7 Å². The summed E-state index contributed by atoms with van der Waals surface area (Å²) in [6.07, 6.45) is 4.75. The Kier molecular flexibility index (Phi) is 3.99. The molecule has 26 heavy (non-hydrogen) atoms. The Bertz CT molecular complexity index is 1020. The first kappa shape index (κ1) is 16.7. The predicted molar refractivity (Wildman–Crippen MR) is 97.5 cm³/mol. The molecule has 2 aliphatic rings. The SMILES string of the molecule is Cc1cncc(NC(=O)[C@@H]2CCCN2C2=NS(=O)(=O)c3ccccc32)c1. The first-order chi connectivity index (χ1) is 12.5. The van der Waals surface area contributed by atoms with Gasteiger partial charge in [-0.1, -0.05) is 12.1 Å². The molecule has 8 heteroatoms. The number of aromatic nitrogens is 1. The maximum atomic E-state index is 12.8. The number of sulfonamides is 1. The van der Waals surface area contributed by atoms with Crippen LogP contribution in [0.4, 0.5) is 5.69 Å². The molecule has 2 aromatic rings. The first-order valence-electron chi connectivity index (χ1n) is 8.39. The molecule has 1 N–H and O–H groups in total. The minimum atomic E-state index is -3.70. The van der Waals surface area contributed by atoms with Gasteiger partial charge in [-0.25, -0.2) is 0 Å². The number of carbonyl (C=O) groups excluding carboxylic acids is 1. The van der Waals surface area contributed by atoms with Crippen molar-refractivity contribution in [3.05, 3.63) is 53.9 Å². The number of anilines is 1. The molecule has 0 saturated carbocycles. The molecule has 0 unspecified atom stereocenters. The van der Waals surface area contributed by atoms with Crippen molar-refractivity contribution >= 4 is 27.5 Å². The van der Waals surface area contributed by atoms with Gasteiger partial charge in [0.2, 0.25) is 5.91 Å². The van der Waals surface area contributed by atoms with Crippen molar-refractivity contribution in [3.8, 4) is 0 Å². The molecule has 134 valence electrons. The minimum Gasteiger partial charge on any atom is -0.343 e. The van der Waals surface area contributed by atoms with E-state index in [1.807, 2.05) is 13.0 Å². The molecule has 2 aliphatic heterocycles. The van der Waals surface area contributed by atoms with E-state index >= 15 is 0 Å². The van der Waals surface area contributed by atoms with Crippen molar-refractivity contribution in [2.24, 2.45) is 4.40 Å². The normalized spacial score (nSPS) is 20.6. The second-order valence-electron chi connectivity index (χ2n) is 6.48. The van der Waals surface area contributed by atoms with Gasteiger partial charge in [-0.05, 0) is 43.5 Å². The molecule has 0 aliphatic carbocycles. The first-order valence-corrected chi connectivity index (χ1v) is 9.83. The summed E-state index contributed by atoms with van der Waals surface area (Å²) in [6.45, 7) is 2.49. The third-order valence-electron chi connectivity index (χ3n) is 4.58. The maximum absolute atomic E-state index is 12.8. The third-order valence-corrected chi connectivity index (χ3v) is 5.91. The molecule has 1 amide bonds. The van der Waals surface area contributed by atoms with Gasteiger partial charge >= 0.3 is 0 Å². The Hall–Kier alpha value is -2.74. The fourth-order valence-corrected chi connectivity index (χ4v) is 4.65. The van der Waals surface area contributed by atoms with E-state index in [1.165, 1.54) is 0 Å². The van der Waals surface area contributed by atoms with Crippen LogP contribution >= 0.6 is 0 Å². The zero-order valence-electron chi connectivity index (χ0n) is 14.2. The Morgan fingerprint density at radius 2 is 2.08 bits per heavy atom. The monoisotopic (exact) mass is 370 g/mol. The molecule has 7 nitrogen and oxygen atoms in total. The maximum Gasteiger partial charge on any atom is 0.285 e. The Labute approximate surface area is 151 Å². The quantitative estimate of drug-likeness (QED) is 0.872. The molecular formula is C18H18N4O3S. The Balaban J connectivity index is 1.63. The van der Waals surface area contributed by atoms with Crippen LogP contribution in [0.3, 0.4) is 0 Å². The van der Waals surface area contributed by atoms with E-state index in [0.717, 1.165) is 12.0 Å². The van der Waals surface area contributed by atoms with Crippen LogP contribution in [0.1, 0.15) is 24.0 Å². The molecule has 1 fully saturated rings. The van der Waals surface area contributed by atoms with Gasteiger partial charge in [-0.2, -0.15) is 8.42 Å². The third kappa shape index (κ3) is 2.86. The molecule has 1 atom stereocenters. The number of nitrogens with one attached hydrogen (secondary N) is 1. The van der Waals surface area contributed by atoms with E-state index in [4.69, 9.17) is 0 Å². The molecular weight excluding hydrogens is 352 g/mol. The van der Waals surface area contributed by atoms with Crippen LogP contribution in [0, 0.1) is 6.92 Å². The number of amides is 1. The summed E-state index contributed by atoms with van der Waals surface area (Å²) < 4.78 is 28.6. The molecule has 4 rings (SSSR count). The summed E-state index contributed by atoms with van der Waals surface area (Å²) in [4.78, 5) is 18.9. The Morgan fingerprint density at radius 3 is 2.88 bits per heavy atom. The number of amidine groups is 1. The summed E-state index contributed by atoms with van der Waals surface area (Å²) in [6, 6.07) is 8.11. The highest BCUT2D eigenvalue weighted by Crippen LogP contribution is 2.31. The highest BCUT2D eigenvalue weighted by atomic mass is 32.2. The number of rotatable bonds is 2. The molecule has 1 saturated heterocycles. The molecule has 1 aromatic carbocycles. The Morgan fingerprint density at radius 1 is 1.27 bits per heavy atom. The van der Waals surface area contributed by atoms with Crippen molar-refractivity contribution in [3.63, 3.8) is 0 Å². The van der Waals surface area contributed by atoms with Gasteiger partial charge in [-0.15, -0.1) is 4.40 Å². The van der Waals surface area contributed by atoms with Crippen molar-refractivity contribution in [1.82, 2.24) is 9.88 Å². The van der Waals surface area contributed by atoms with E-state index in [0.29, 0.717) is 30.1 Å². The van der Waals surface area contributed by atoms with E-state index in [-0.39, 0.29) is 10.8 Å². The number of likely N-dealkylation sites (tertiary alicyclic amines) is 1. The lowest BCUT2D eigenvalue weighted by Crippen LogP contribution is -2.43. The largest absolute Gasteiger partial charge is 0.343 e. The van der Waals surface area contributed by atoms with Crippen LogP contribution in [0.25, 0.3) is 0 Å². The van der Waals surface area contributed by atoms with Crippen LogP contribution in [0.2, 0.25) is 0 Å². The van der Waals surface area contributed by atoms with Crippen LogP contribution < -0.4 is 5.32 Å². The summed E-state index contributed by atoms with van der Waals surface area (Å²) in [5, 5.41) is 2.88. The molecule has 0 radical (unpaired) electrons. The fourth-order valence-electron chi connectivity index (χ4n) is 3.44. The number of fused-ring (bicyclic) bond motifs is 1. The van der Waals surface area contributed by atoms with Crippen LogP contribution in [0.5, 0.6) is 0 Å². The number of pyridine rings is 1. The lowest BCUT2D eigenvalue weighted by Gasteiger charge is -2.25. The number of hydrogen-bond donors (Lipinski definition) is 1. The van der Waals surface area contributed by atoms with Crippen LogP contribution in [-0.4, -0.2) is 42.6 Å². The fraction of sp³-hybridized carbons (Fsp3) is 0.278. The van der Waals surface area contributed by atoms with Crippen LogP contribution in [0.15, 0.2) is 52.0 Å². The van der Waals surface area contributed by atoms with Gasteiger partial charge in [0, 0.05) is 18.3 Å². The van der Waals surface area contributed by atoms with E-state index in [2.05, 4.69) is 14.7 Å². The van der Waals surface area contributed by atoms with Crippen molar-refractivity contribution in [1.29, 1.82) is 0 Å². The second kappa shape index (κ2) is 6.21. The van der Waals surface area contributed by atoms with E-state index in [9.17, 15) is 13.2 Å². The van der Waals surface area contributed by atoms with Gasteiger partial charge in [0.1, 0.15) is 10.9 Å². The van der Waals surface area contributed by atoms with Gasteiger partial charge in [0.05, 0.1) is 11.9 Å². The molecule has 1 aromatic heterocycles. The smallest absolute Gasteiger partial charge is 0.285 e. The highest BCUT2D eigenvalue weighted by molar-refractivity contribution is 7.90. The van der Waals surface area contributed by atoms with Gasteiger partial charge in [-0.3, -0.25) is 9.78 Å². The van der Waals surface area contributed by atoms with Gasteiger partial charge in [0.15, 0.2) is 5.84 Å². The summed E-state index contributed by atoms with van der Waals surface area (Å²) in [5.74, 6) is 0.181. The van der Waals surface area contributed by atoms with Gasteiger partial charge < -0.3 is 10.2 Å². The molecule has 0 spiro atoms. The number of aryl methyl sites for hydroxylation is 1. The number of nitrogens with zero attached hydrogens (tertiary/aromatic N) is 3. The molecule has 3 heterocycles. The lowest BCUT2D eigenvalue weighted by atomic mass is 10.1. The number of carbonyl (C=O) groups is 1. The highest BCUT2D eigenvalue weighted by Gasteiger charge is 2.39. The summed E-state index contributed by atoms with van der Waals surface area (Å²) in [5.41, 5.74) is 2.14. The van der Waals surface area contributed by atoms with E-state index < -0.39 is 16.1 Å². The standard InChI is InChI=1S/C18H18N4O3S/c1-12-9-13(11-19-10-12)20-18(23)15-6-4-8-22(15)17-14-5-2-3-7-16(14)26(24,25)21-17/h2-3,5,7,9-11,15H,4,6,8H2,1H3,(H,20,23)/t15-/m0/s1. The summed E-state index contributed by atoms with van der Waals surface area (Å²) >= 11 is 0. The van der Waals surface area contributed by atoms with E-state index in [1.54, 1.807) is 41.6 Å². The van der Waals surface area contributed by atoms with Crippen molar-refractivity contribution in [2.75, 3.05) is 11.9 Å². The molecule has 0 bridgehead atoms. The van der Waals surface area contributed by atoms with Gasteiger partial charge in [0.25, 0.3) is 10.0 Å². The summed E-state index contributed by atoms with van der Waals surface area (Å²) in [7, 11) is -3.70. The second-order valence-corrected chi connectivity index (χ2v) is 8.05. The lowest BCUT2D eigenvalue weighted by molar-refractivity contribution is -0.119.